The van der Waals surface area contributed by atoms with Crippen molar-refractivity contribution < 1.29 is 9.59 Å². The van der Waals surface area contributed by atoms with Gasteiger partial charge in [0.1, 0.15) is 0 Å². The van der Waals surface area contributed by atoms with Crippen LogP contribution in [-0.4, -0.2) is 34.2 Å². The summed E-state index contributed by atoms with van der Waals surface area (Å²) in [6.45, 7) is 1.88. The van der Waals surface area contributed by atoms with Crippen molar-refractivity contribution in [2.24, 2.45) is 29.1 Å². The minimum atomic E-state index is -0.690. The first-order valence-electron chi connectivity index (χ1n) is 5.53. The molecule has 8 heteroatoms. The van der Waals surface area contributed by atoms with Crippen molar-refractivity contribution in [1.82, 2.24) is 10.0 Å². The number of primary amides is 2. The first kappa shape index (κ1) is 13.5. The molecule has 0 heterocycles. The van der Waals surface area contributed by atoms with E-state index in [9.17, 15) is 9.59 Å². The fourth-order valence-electron chi connectivity index (χ4n) is 2.43. The molecule has 2 atom stereocenters. The number of hydrazine groups is 2. The number of urea groups is 2. The first-order chi connectivity index (χ1) is 7.86. The summed E-state index contributed by atoms with van der Waals surface area (Å²) in [5.74, 6) is 11.1. The zero-order valence-corrected chi connectivity index (χ0v) is 9.87. The second-order valence-electron chi connectivity index (χ2n) is 4.42. The summed E-state index contributed by atoms with van der Waals surface area (Å²) in [6.07, 6.45) is 2.29. The molecule has 1 fully saturated rings. The zero-order valence-electron chi connectivity index (χ0n) is 9.87. The summed E-state index contributed by atoms with van der Waals surface area (Å²) in [5, 5.41) is 2.01. The highest BCUT2D eigenvalue weighted by Gasteiger charge is 2.37. The second-order valence-corrected chi connectivity index (χ2v) is 4.42. The maximum Gasteiger partial charge on any atom is 0.329 e. The Kier molecular flexibility index (Phi) is 4.13. The predicted molar refractivity (Wildman–Crippen MR) is 61.8 cm³/mol. The standard InChI is InChI=1S/C9H20N6O2/c1-5-6(14(12)8(10)16)3-2-4-7(5)15(13)9(11)17/h5-7H,2-4,12-13H2,1H3,(H2,10,16)(H2,11,17). The first-order valence-corrected chi connectivity index (χ1v) is 5.53. The summed E-state index contributed by atoms with van der Waals surface area (Å²) < 4.78 is 0. The van der Waals surface area contributed by atoms with Crippen LogP contribution >= 0.6 is 0 Å². The Labute approximate surface area is 99.8 Å². The Hall–Kier alpha value is -1.54. The van der Waals surface area contributed by atoms with E-state index in [-0.39, 0.29) is 18.0 Å². The molecule has 8 N–H and O–H groups in total. The molecule has 98 valence electrons. The number of nitrogens with zero attached hydrogens (tertiary/aromatic N) is 2. The summed E-state index contributed by atoms with van der Waals surface area (Å²) in [4.78, 5) is 22.1. The smallest absolute Gasteiger partial charge is 0.329 e. The van der Waals surface area contributed by atoms with E-state index in [0.717, 1.165) is 29.3 Å². The molecule has 0 bridgehead atoms. The lowest BCUT2D eigenvalue weighted by molar-refractivity contribution is 0.0676. The predicted octanol–water partition coefficient (Wildman–Crippen LogP) is -0.948. The van der Waals surface area contributed by atoms with Crippen LogP contribution in [0.5, 0.6) is 0 Å². The summed E-state index contributed by atoms with van der Waals surface area (Å²) in [6, 6.07) is -1.83. The summed E-state index contributed by atoms with van der Waals surface area (Å²) in [5.41, 5.74) is 10.3. The van der Waals surface area contributed by atoms with Gasteiger partial charge in [-0.05, 0) is 19.3 Å². The summed E-state index contributed by atoms with van der Waals surface area (Å²) >= 11 is 0. The monoisotopic (exact) mass is 244 g/mol. The quantitative estimate of drug-likeness (QED) is 0.282. The van der Waals surface area contributed by atoms with E-state index in [2.05, 4.69) is 0 Å². The average Bonchev–Trinajstić information content (AvgIpc) is 2.27. The van der Waals surface area contributed by atoms with Crippen molar-refractivity contribution in [1.29, 1.82) is 0 Å². The molecule has 1 aliphatic carbocycles. The summed E-state index contributed by atoms with van der Waals surface area (Å²) in [7, 11) is 0. The third-order valence-electron chi connectivity index (χ3n) is 3.44. The lowest BCUT2D eigenvalue weighted by Gasteiger charge is -2.42. The second kappa shape index (κ2) is 5.19. The molecule has 17 heavy (non-hydrogen) atoms. The highest BCUT2D eigenvalue weighted by atomic mass is 16.2. The molecule has 0 aromatic heterocycles. The van der Waals surface area contributed by atoms with Gasteiger partial charge in [-0.2, -0.15) is 0 Å². The van der Waals surface area contributed by atoms with Crippen molar-refractivity contribution in [2.45, 2.75) is 38.3 Å². The molecule has 2 unspecified atom stereocenters. The van der Waals surface area contributed by atoms with E-state index in [1.807, 2.05) is 6.92 Å². The number of carbonyl (C=O) groups excluding carboxylic acids is 2. The fraction of sp³-hybridized carbons (Fsp3) is 0.778. The van der Waals surface area contributed by atoms with E-state index in [1.165, 1.54) is 0 Å². The zero-order chi connectivity index (χ0) is 13.2. The molecular formula is C9H20N6O2. The van der Waals surface area contributed by atoms with Gasteiger partial charge in [0, 0.05) is 5.92 Å². The highest BCUT2D eigenvalue weighted by molar-refractivity contribution is 5.72. The van der Waals surface area contributed by atoms with Gasteiger partial charge in [-0.15, -0.1) is 0 Å². The molecule has 1 saturated carbocycles. The Morgan fingerprint density at radius 2 is 1.35 bits per heavy atom. The molecule has 0 spiro atoms. The SMILES string of the molecule is CC1C(N(N)C(N)=O)CCCC1N(N)C(N)=O. The van der Waals surface area contributed by atoms with Crippen molar-refractivity contribution in [3.05, 3.63) is 0 Å². The number of nitrogens with two attached hydrogens (primary N) is 4. The molecule has 1 rings (SSSR count). The lowest BCUT2D eigenvalue weighted by Crippen LogP contribution is -2.60. The van der Waals surface area contributed by atoms with Crippen LogP contribution in [0.1, 0.15) is 26.2 Å². The number of hydrogen-bond acceptors (Lipinski definition) is 4. The number of amides is 4. The van der Waals surface area contributed by atoms with Crippen LogP contribution in [0.4, 0.5) is 9.59 Å². The Morgan fingerprint density at radius 3 is 1.65 bits per heavy atom. The van der Waals surface area contributed by atoms with Crippen molar-refractivity contribution in [3.63, 3.8) is 0 Å². The van der Waals surface area contributed by atoms with E-state index in [4.69, 9.17) is 23.2 Å². The molecule has 4 amide bonds. The van der Waals surface area contributed by atoms with E-state index >= 15 is 0 Å². The maximum absolute atomic E-state index is 11.0. The van der Waals surface area contributed by atoms with Gasteiger partial charge in [-0.1, -0.05) is 6.92 Å². The fourth-order valence-corrected chi connectivity index (χ4v) is 2.43. The third-order valence-corrected chi connectivity index (χ3v) is 3.44. The minimum Gasteiger partial charge on any atom is -0.350 e. The molecule has 0 saturated heterocycles. The Morgan fingerprint density at radius 1 is 1.00 bits per heavy atom. The molecule has 8 nitrogen and oxygen atoms in total. The van der Waals surface area contributed by atoms with Gasteiger partial charge in [0.15, 0.2) is 0 Å². The lowest BCUT2D eigenvalue weighted by atomic mass is 9.81. The normalized spacial score (nSPS) is 28.5. The number of hydrogen-bond donors (Lipinski definition) is 4. The maximum atomic E-state index is 11.0. The average molecular weight is 244 g/mol. The molecule has 0 aromatic rings. The van der Waals surface area contributed by atoms with Gasteiger partial charge in [0.25, 0.3) is 0 Å². The van der Waals surface area contributed by atoms with Gasteiger partial charge >= 0.3 is 12.1 Å². The third kappa shape index (κ3) is 2.77. The highest BCUT2D eigenvalue weighted by Crippen LogP contribution is 2.29. The van der Waals surface area contributed by atoms with E-state index < -0.39 is 12.1 Å². The molecule has 0 aromatic carbocycles. The molecular weight excluding hydrogens is 224 g/mol. The van der Waals surface area contributed by atoms with Crippen LogP contribution in [0.15, 0.2) is 0 Å². The van der Waals surface area contributed by atoms with Crippen LogP contribution in [-0.2, 0) is 0 Å². The van der Waals surface area contributed by atoms with Gasteiger partial charge in [0.2, 0.25) is 0 Å². The molecule has 0 radical (unpaired) electrons. The van der Waals surface area contributed by atoms with Gasteiger partial charge in [-0.25, -0.2) is 21.3 Å². The van der Waals surface area contributed by atoms with Crippen LogP contribution in [0.25, 0.3) is 0 Å². The van der Waals surface area contributed by atoms with Crippen molar-refractivity contribution >= 4 is 12.1 Å². The molecule has 0 aliphatic heterocycles. The topological polar surface area (TPSA) is 145 Å². The van der Waals surface area contributed by atoms with E-state index in [1.54, 1.807) is 0 Å². The number of rotatable bonds is 2. The van der Waals surface area contributed by atoms with Crippen LogP contribution in [0.2, 0.25) is 0 Å². The van der Waals surface area contributed by atoms with Crippen LogP contribution in [0.3, 0.4) is 0 Å². The van der Waals surface area contributed by atoms with E-state index in [0.29, 0.717) is 0 Å². The molecule has 1 aliphatic rings. The van der Waals surface area contributed by atoms with Gasteiger partial charge in [0.05, 0.1) is 12.1 Å². The van der Waals surface area contributed by atoms with Gasteiger partial charge in [-0.3, -0.25) is 10.0 Å². The Balaban J connectivity index is 2.78. The largest absolute Gasteiger partial charge is 0.350 e. The van der Waals surface area contributed by atoms with Gasteiger partial charge < -0.3 is 11.5 Å². The van der Waals surface area contributed by atoms with Crippen molar-refractivity contribution in [3.8, 4) is 0 Å². The number of carbonyl (C=O) groups is 2. The van der Waals surface area contributed by atoms with Crippen LogP contribution < -0.4 is 23.2 Å². The van der Waals surface area contributed by atoms with Crippen molar-refractivity contribution in [2.75, 3.05) is 0 Å². The van der Waals surface area contributed by atoms with Crippen LogP contribution in [0, 0.1) is 5.92 Å². The minimum absolute atomic E-state index is 0.0706. The Bertz CT molecular complexity index is 282.